The lowest BCUT2D eigenvalue weighted by atomic mass is 9.93. The molecule has 3 rings (SSSR count). The van der Waals surface area contributed by atoms with Crippen molar-refractivity contribution in [3.8, 4) is 23.3 Å². The second-order valence-corrected chi connectivity index (χ2v) is 7.65. The third-order valence-corrected chi connectivity index (χ3v) is 5.22. The third kappa shape index (κ3) is 6.89. The minimum absolute atomic E-state index is 0.141. The fourth-order valence-electron chi connectivity index (χ4n) is 3.60. The number of benzene rings is 2. The van der Waals surface area contributed by atoms with E-state index in [1.807, 2.05) is 48.5 Å². The summed E-state index contributed by atoms with van der Waals surface area (Å²) in [5.41, 5.74) is 1.74. The molecule has 5 heteroatoms. The van der Waals surface area contributed by atoms with Crippen molar-refractivity contribution < 1.29 is 23.8 Å². The van der Waals surface area contributed by atoms with Gasteiger partial charge in [-0.25, -0.2) is 0 Å². The van der Waals surface area contributed by atoms with Gasteiger partial charge < -0.3 is 14.2 Å². The van der Waals surface area contributed by atoms with Crippen LogP contribution in [0.3, 0.4) is 0 Å². The number of methoxy groups -OCH3 is 1. The smallest absolute Gasteiger partial charge is 0.303 e. The molecular weight excluding hydrogens is 392 g/mol. The average molecular weight is 421 g/mol. The molecule has 0 amide bonds. The fraction of sp³-hybridized carbons (Fsp3) is 0.385. The number of rotatable bonds is 8. The molecule has 0 aromatic heterocycles. The summed E-state index contributed by atoms with van der Waals surface area (Å²) in [5, 5.41) is 0. The Morgan fingerprint density at radius 3 is 2.48 bits per heavy atom. The maximum Gasteiger partial charge on any atom is 0.303 e. The van der Waals surface area contributed by atoms with Gasteiger partial charge in [-0.05, 0) is 55.5 Å². The van der Waals surface area contributed by atoms with Crippen molar-refractivity contribution in [1.82, 2.24) is 0 Å². The van der Waals surface area contributed by atoms with Gasteiger partial charge in [0.15, 0.2) is 17.3 Å². The Morgan fingerprint density at radius 2 is 1.81 bits per heavy atom. The molecule has 5 nitrogen and oxygen atoms in total. The van der Waals surface area contributed by atoms with Crippen LogP contribution in [0.1, 0.15) is 56.1 Å². The van der Waals surface area contributed by atoms with Crippen molar-refractivity contribution in [2.24, 2.45) is 0 Å². The maximum atomic E-state index is 12.4. The van der Waals surface area contributed by atoms with Crippen LogP contribution < -0.4 is 9.47 Å². The zero-order valence-electron chi connectivity index (χ0n) is 18.1. The monoisotopic (exact) mass is 420 g/mol. The van der Waals surface area contributed by atoms with Crippen molar-refractivity contribution in [2.45, 2.75) is 51.0 Å². The number of esters is 1. The lowest BCUT2D eigenvalue weighted by molar-refractivity contribution is -0.145. The Balaban J connectivity index is 1.87. The second-order valence-electron chi connectivity index (χ2n) is 7.65. The molecule has 0 spiro atoms. The highest BCUT2D eigenvalue weighted by Crippen LogP contribution is 2.35. The van der Waals surface area contributed by atoms with E-state index in [4.69, 9.17) is 14.2 Å². The molecule has 0 aliphatic heterocycles. The molecule has 1 aliphatic carbocycles. The predicted octanol–water partition coefficient (Wildman–Crippen LogP) is 4.67. The summed E-state index contributed by atoms with van der Waals surface area (Å²) < 4.78 is 16.6. The zero-order chi connectivity index (χ0) is 22.1. The van der Waals surface area contributed by atoms with Crippen molar-refractivity contribution >= 4 is 11.8 Å². The number of hydrogen-bond acceptors (Lipinski definition) is 5. The SMILES string of the molecule is COc1ccc(C(C#Cc2ccccc2)CC(=O)COC(C)=O)cc1OC1CCCC1. The molecular formula is C26H28O5. The molecule has 1 unspecified atom stereocenters. The summed E-state index contributed by atoms with van der Waals surface area (Å²) in [6.07, 6.45) is 4.73. The summed E-state index contributed by atoms with van der Waals surface area (Å²) >= 11 is 0. The van der Waals surface area contributed by atoms with Gasteiger partial charge in [0.1, 0.15) is 6.61 Å². The minimum atomic E-state index is -0.475. The van der Waals surface area contributed by atoms with Gasteiger partial charge in [0, 0.05) is 18.9 Å². The molecule has 1 atom stereocenters. The normalized spacial score (nSPS) is 14.3. The summed E-state index contributed by atoms with van der Waals surface area (Å²) in [6, 6.07) is 15.3. The first kappa shape index (κ1) is 22.4. The molecule has 162 valence electrons. The van der Waals surface area contributed by atoms with Crippen molar-refractivity contribution in [3.05, 3.63) is 59.7 Å². The lowest BCUT2D eigenvalue weighted by Crippen LogP contribution is -2.15. The van der Waals surface area contributed by atoms with E-state index >= 15 is 0 Å². The number of ether oxygens (including phenoxy) is 3. The summed E-state index contributed by atoms with van der Waals surface area (Å²) in [5.74, 6) is 6.69. The maximum absolute atomic E-state index is 12.4. The minimum Gasteiger partial charge on any atom is -0.493 e. The van der Waals surface area contributed by atoms with E-state index in [1.54, 1.807) is 7.11 Å². The Hall–Kier alpha value is -3.26. The topological polar surface area (TPSA) is 61.8 Å². The first-order valence-corrected chi connectivity index (χ1v) is 10.6. The van der Waals surface area contributed by atoms with Gasteiger partial charge in [-0.1, -0.05) is 36.1 Å². The third-order valence-electron chi connectivity index (χ3n) is 5.22. The van der Waals surface area contributed by atoms with Crippen molar-refractivity contribution in [3.63, 3.8) is 0 Å². The van der Waals surface area contributed by atoms with Gasteiger partial charge in [0.2, 0.25) is 0 Å². The van der Waals surface area contributed by atoms with Crippen LogP contribution in [-0.4, -0.2) is 31.6 Å². The summed E-state index contributed by atoms with van der Waals surface area (Å²) in [6.45, 7) is 1.04. The van der Waals surface area contributed by atoms with E-state index in [1.165, 1.54) is 19.8 Å². The van der Waals surface area contributed by atoms with E-state index in [2.05, 4.69) is 11.8 Å². The molecule has 1 saturated carbocycles. The van der Waals surface area contributed by atoms with Gasteiger partial charge >= 0.3 is 5.97 Å². The van der Waals surface area contributed by atoms with E-state index in [9.17, 15) is 9.59 Å². The van der Waals surface area contributed by atoms with Crippen LogP contribution in [0, 0.1) is 11.8 Å². The Morgan fingerprint density at radius 1 is 1.06 bits per heavy atom. The highest BCUT2D eigenvalue weighted by Gasteiger charge is 2.21. The molecule has 1 fully saturated rings. The Labute approximate surface area is 183 Å². The molecule has 1 aliphatic rings. The second kappa shape index (κ2) is 11.2. The lowest BCUT2D eigenvalue weighted by Gasteiger charge is -2.18. The Kier molecular flexibility index (Phi) is 8.12. The van der Waals surface area contributed by atoms with Crippen LogP contribution in [0.25, 0.3) is 0 Å². The molecule has 0 bridgehead atoms. The van der Waals surface area contributed by atoms with E-state index < -0.39 is 5.97 Å². The largest absolute Gasteiger partial charge is 0.493 e. The number of hydrogen-bond donors (Lipinski definition) is 0. The van der Waals surface area contributed by atoms with Gasteiger partial charge in [-0.2, -0.15) is 0 Å². The van der Waals surface area contributed by atoms with Crippen LogP contribution in [0.5, 0.6) is 11.5 Å². The molecule has 0 radical (unpaired) electrons. The average Bonchev–Trinajstić information content (AvgIpc) is 3.29. The van der Waals surface area contributed by atoms with E-state index in [0.717, 1.165) is 24.0 Å². The summed E-state index contributed by atoms with van der Waals surface area (Å²) in [7, 11) is 1.62. The highest BCUT2D eigenvalue weighted by molar-refractivity contribution is 5.83. The number of carbonyl (C=O) groups is 2. The standard InChI is InChI=1S/C26H28O5/c1-19(27)30-18-23(28)16-21(13-12-20-8-4-3-5-9-20)22-14-15-25(29-2)26(17-22)31-24-10-6-7-11-24/h3-5,8-9,14-15,17,21,24H,6-7,10-11,16,18H2,1-2H3. The zero-order valence-corrected chi connectivity index (χ0v) is 18.1. The molecule has 0 heterocycles. The van der Waals surface area contributed by atoms with Crippen molar-refractivity contribution in [2.75, 3.05) is 13.7 Å². The first-order valence-electron chi connectivity index (χ1n) is 10.6. The summed E-state index contributed by atoms with van der Waals surface area (Å²) in [4.78, 5) is 23.5. The fourth-order valence-corrected chi connectivity index (χ4v) is 3.60. The van der Waals surface area contributed by atoms with Crippen LogP contribution >= 0.6 is 0 Å². The van der Waals surface area contributed by atoms with Gasteiger partial charge in [0.05, 0.1) is 19.1 Å². The molecule has 2 aromatic carbocycles. The van der Waals surface area contributed by atoms with Crippen LogP contribution in [0.4, 0.5) is 0 Å². The molecule has 0 N–H and O–H groups in total. The van der Waals surface area contributed by atoms with E-state index in [-0.39, 0.29) is 30.8 Å². The number of Topliss-reactive ketones (excluding diaryl/α,β-unsaturated/α-hetero) is 1. The van der Waals surface area contributed by atoms with Gasteiger partial charge in [-0.3, -0.25) is 9.59 Å². The van der Waals surface area contributed by atoms with Gasteiger partial charge in [-0.15, -0.1) is 0 Å². The molecule has 2 aromatic rings. The van der Waals surface area contributed by atoms with Crippen LogP contribution in [0.15, 0.2) is 48.5 Å². The first-order chi connectivity index (χ1) is 15.0. The van der Waals surface area contributed by atoms with Gasteiger partial charge in [0.25, 0.3) is 0 Å². The Bertz CT molecular complexity index is 949. The highest BCUT2D eigenvalue weighted by atomic mass is 16.5. The predicted molar refractivity (Wildman–Crippen MR) is 118 cm³/mol. The molecule has 0 saturated heterocycles. The van der Waals surface area contributed by atoms with Crippen LogP contribution in [0.2, 0.25) is 0 Å². The van der Waals surface area contributed by atoms with Crippen LogP contribution in [-0.2, 0) is 14.3 Å². The molecule has 31 heavy (non-hydrogen) atoms. The van der Waals surface area contributed by atoms with E-state index in [0.29, 0.717) is 11.5 Å². The number of ketones is 1. The van der Waals surface area contributed by atoms with Crippen molar-refractivity contribution in [1.29, 1.82) is 0 Å². The quantitative estimate of drug-likeness (QED) is 0.459. The number of carbonyl (C=O) groups excluding carboxylic acids is 2.